The smallest absolute Gasteiger partial charge is 0.345 e. The summed E-state index contributed by atoms with van der Waals surface area (Å²) in [5.74, 6) is 0.562. The summed E-state index contributed by atoms with van der Waals surface area (Å²) in [6.45, 7) is 3.89. The molecule has 0 unspecified atom stereocenters. The van der Waals surface area contributed by atoms with Crippen molar-refractivity contribution < 1.29 is 13.9 Å². The Kier molecular flexibility index (Phi) is 5.14. The lowest BCUT2D eigenvalue weighted by Crippen LogP contribution is -2.04. The predicted octanol–water partition coefficient (Wildman–Crippen LogP) is 5.26. The summed E-state index contributed by atoms with van der Waals surface area (Å²) in [6.07, 6.45) is 0. The van der Waals surface area contributed by atoms with E-state index < -0.39 is 5.63 Å². The molecule has 0 aliphatic rings. The van der Waals surface area contributed by atoms with E-state index in [-0.39, 0.29) is 5.78 Å². The maximum atomic E-state index is 12.5. The second kappa shape index (κ2) is 7.89. The number of ether oxygens (including phenoxy) is 1. The number of hydrogen-bond acceptors (Lipinski definition) is 7. The van der Waals surface area contributed by atoms with Gasteiger partial charge in [0.25, 0.3) is 0 Å². The van der Waals surface area contributed by atoms with Gasteiger partial charge in [0.15, 0.2) is 22.2 Å². The minimum Gasteiger partial charge on any atom is -0.490 e. The third kappa shape index (κ3) is 3.90. The number of nitrogens with zero attached hydrogens (tertiary/aromatic N) is 1. The number of anilines is 2. The number of thiazole rings is 1. The van der Waals surface area contributed by atoms with E-state index in [1.54, 1.807) is 29.6 Å². The number of rotatable bonds is 6. The van der Waals surface area contributed by atoms with Crippen LogP contribution in [0.4, 0.5) is 10.8 Å². The zero-order valence-electron chi connectivity index (χ0n) is 15.9. The lowest BCUT2D eigenvalue weighted by Gasteiger charge is -2.06. The molecule has 0 saturated heterocycles. The Morgan fingerprint density at radius 1 is 1.21 bits per heavy atom. The molecule has 0 atom stereocenters. The Balaban J connectivity index is 1.63. The molecular formula is C22H18N2O4S. The largest absolute Gasteiger partial charge is 0.490 e. The number of fused-ring (bicyclic) bond motifs is 1. The fourth-order valence-corrected chi connectivity index (χ4v) is 3.66. The molecule has 0 spiro atoms. The fraction of sp³-hybridized carbons (Fsp3) is 0.136. The minimum absolute atomic E-state index is 0.0172. The summed E-state index contributed by atoms with van der Waals surface area (Å²) in [5.41, 5.74) is 2.35. The van der Waals surface area contributed by atoms with E-state index >= 15 is 0 Å². The first kappa shape index (κ1) is 18.9. The van der Waals surface area contributed by atoms with Crippen molar-refractivity contribution in [2.24, 2.45) is 0 Å². The monoisotopic (exact) mass is 406 g/mol. The third-order valence-electron chi connectivity index (χ3n) is 4.35. The quantitative estimate of drug-likeness (QED) is 0.347. The first-order valence-electron chi connectivity index (χ1n) is 9.08. The normalized spacial score (nSPS) is 10.8. The molecule has 29 heavy (non-hydrogen) atoms. The van der Waals surface area contributed by atoms with E-state index in [4.69, 9.17) is 9.15 Å². The summed E-state index contributed by atoms with van der Waals surface area (Å²) in [4.78, 5) is 28.4. The molecule has 0 bridgehead atoms. The highest BCUT2D eigenvalue weighted by Crippen LogP contribution is 2.30. The first-order chi connectivity index (χ1) is 14.0. The van der Waals surface area contributed by atoms with Gasteiger partial charge in [-0.2, -0.15) is 0 Å². The Hall–Kier alpha value is -3.45. The van der Waals surface area contributed by atoms with Crippen molar-refractivity contribution in [1.29, 1.82) is 0 Å². The summed E-state index contributed by atoms with van der Waals surface area (Å²) in [5, 5.41) is 6.40. The molecule has 0 fully saturated rings. The topological polar surface area (TPSA) is 81.4 Å². The maximum Gasteiger partial charge on any atom is 0.345 e. The number of benzene rings is 2. The number of carbonyl (C=O) groups is 1. The van der Waals surface area contributed by atoms with Gasteiger partial charge in [-0.15, -0.1) is 11.3 Å². The van der Waals surface area contributed by atoms with Crippen LogP contribution in [0.1, 0.15) is 24.2 Å². The number of para-hydroxylation sites is 1. The Labute approximate surface area is 170 Å². The van der Waals surface area contributed by atoms with Gasteiger partial charge in [0.05, 0.1) is 17.9 Å². The number of carbonyl (C=O) groups excluding carboxylic acids is 1. The van der Waals surface area contributed by atoms with Crippen LogP contribution < -0.4 is 15.7 Å². The summed E-state index contributed by atoms with van der Waals surface area (Å²) >= 11 is 1.38. The highest BCUT2D eigenvalue weighted by atomic mass is 32.1. The van der Waals surface area contributed by atoms with E-state index in [9.17, 15) is 9.59 Å². The molecule has 2 aromatic heterocycles. The Morgan fingerprint density at radius 3 is 2.72 bits per heavy atom. The zero-order chi connectivity index (χ0) is 20.4. The van der Waals surface area contributed by atoms with Crippen LogP contribution in [-0.4, -0.2) is 17.4 Å². The number of Topliss-reactive ketones (excluding diaryl/α,β-unsaturated/α-hetero) is 1. The predicted molar refractivity (Wildman–Crippen MR) is 114 cm³/mol. The van der Waals surface area contributed by atoms with Gasteiger partial charge in [0.1, 0.15) is 0 Å². The van der Waals surface area contributed by atoms with Crippen LogP contribution in [0.15, 0.2) is 63.1 Å². The molecule has 4 rings (SSSR count). The van der Waals surface area contributed by atoms with Crippen LogP contribution in [0.25, 0.3) is 22.2 Å². The highest BCUT2D eigenvalue weighted by molar-refractivity contribution is 7.14. The van der Waals surface area contributed by atoms with Gasteiger partial charge in [-0.25, -0.2) is 9.78 Å². The molecule has 0 aliphatic carbocycles. The summed E-state index contributed by atoms with van der Waals surface area (Å²) in [6, 6.07) is 14.4. The first-order valence-corrected chi connectivity index (χ1v) is 9.96. The van der Waals surface area contributed by atoms with Crippen LogP contribution in [0.3, 0.4) is 0 Å². The minimum atomic E-state index is -0.465. The van der Waals surface area contributed by atoms with Gasteiger partial charge >= 0.3 is 5.63 Å². The van der Waals surface area contributed by atoms with E-state index in [2.05, 4.69) is 10.3 Å². The zero-order valence-corrected chi connectivity index (χ0v) is 16.7. The molecule has 7 heteroatoms. The second-order valence-corrected chi connectivity index (χ2v) is 7.21. The Morgan fingerprint density at radius 2 is 2.00 bits per heavy atom. The van der Waals surface area contributed by atoms with Crippen LogP contribution in [0.2, 0.25) is 0 Å². The van der Waals surface area contributed by atoms with E-state index in [0.717, 1.165) is 11.1 Å². The van der Waals surface area contributed by atoms with E-state index in [0.29, 0.717) is 39.9 Å². The molecule has 1 N–H and O–H groups in total. The fourth-order valence-electron chi connectivity index (χ4n) is 2.93. The van der Waals surface area contributed by atoms with Crippen LogP contribution in [0.5, 0.6) is 5.75 Å². The summed E-state index contributed by atoms with van der Waals surface area (Å²) in [7, 11) is 0. The van der Waals surface area contributed by atoms with Crippen molar-refractivity contribution in [2.75, 3.05) is 11.9 Å². The SMILES string of the molecule is CCOc1cccc2cc(-c3csc(Nc4ccc(C(C)=O)cc4)n3)c(=O)oc12. The van der Waals surface area contributed by atoms with Crippen molar-refractivity contribution in [2.45, 2.75) is 13.8 Å². The molecular weight excluding hydrogens is 388 g/mol. The van der Waals surface area contributed by atoms with Crippen molar-refractivity contribution >= 4 is 38.9 Å². The highest BCUT2D eigenvalue weighted by Gasteiger charge is 2.14. The summed E-state index contributed by atoms with van der Waals surface area (Å²) < 4.78 is 11.1. The van der Waals surface area contributed by atoms with Gasteiger partial charge in [0, 0.05) is 22.0 Å². The lowest BCUT2D eigenvalue weighted by atomic mass is 10.1. The number of ketones is 1. The van der Waals surface area contributed by atoms with Gasteiger partial charge in [-0.3, -0.25) is 4.79 Å². The number of nitrogens with one attached hydrogen (secondary N) is 1. The average molecular weight is 406 g/mol. The van der Waals surface area contributed by atoms with Crippen molar-refractivity contribution in [3.8, 4) is 17.0 Å². The number of hydrogen-bond donors (Lipinski definition) is 1. The average Bonchev–Trinajstić information content (AvgIpc) is 3.17. The van der Waals surface area contributed by atoms with Crippen molar-refractivity contribution in [1.82, 2.24) is 4.98 Å². The third-order valence-corrected chi connectivity index (χ3v) is 5.10. The molecule has 4 aromatic rings. The van der Waals surface area contributed by atoms with Crippen LogP contribution >= 0.6 is 11.3 Å². The number of aromatic nitrogens is 1. The molecule has 0 saturated carbocycles. The van der Waals surface area contributed by atoms with Gasteiger partial charge < -0.3 is 14.5 Å². The molecule has 0 radical (unpaired) electrons. The Bertz CT molecular complexity index is 1240. The van der Waals surface area contributed by atoms with Gasteiger partial charge in [-0.1, -0.05) is 12.1 Å². The molecule has 146 valence electrons. The molecule has 0 amide bonds. The van der Waals surface area contributed by atoms with Gasteiger partial charge in [-0.05, 0) is 50.2 Å². The molecule has 2 heterocycles. The molecule has 0 aliphatic heterocycles. The van der Waals surface area contributed by atoms with Crippen molar-refractivity contribution in [3.05, 3.63) is 69.9 Å². The standard InChI is InChI=1S/C22H18N2O4S/c1-3-27-19-6-4-5-15-11-17(21(26)28-20(15)19)18-12-29-22(24-18)23-16-9-7-14(8-10-16)13(2)25/h4-12H,3H2,1-2H3,(H,23,24). The van der Waals surface area contributed by atoms with E-state index in [1.165, 1.54) is 18.3 Å². The van der Waals surface area contributed by atoms with Crippen LogP contribution in [-0.2, 0) is 0 Å². The second-order valence-electron chi connectivity index (χ2n) is 6.35. The van der Waals surface area contributed by atoms with Gasteiger partial charge in [0.2, 0.25) is 0 Å². The maximum absolute atomic E-state index is 12.5. The molecule has 6 nitrogen and oxygen atoms in total. The molecule has 2 aromatic carbocycles. The van der Waals surface area contributed by atoms with Crippen LogP contribution in [0, 0.1) is 0 Å². The van der Waals surface area contributed by atoms with E-state index in [1.807, 2.05) is 31.2 Å². The van der Waals surface area contributed by atoms with Crippen molar-refractivity contribution in [3.63, 3.8) is 0 Å². The lowest BCUT2D eigenvalue weighted by molar-refractivity contribution is 0.101.